The van der Waals surface area contributed by atoms with Crippen LogP contribution in [0.15, 0.2) is 24.3 Å². The van der Waals surface area contributed by atoms with E-state index in [1.165, 1.54) is 0 Å². The minimum atomic E-state index is -3.19. The first kappa shape index (κ1) is 18.9. The molecule has 0 radical (unpaired) electrons. The molecule has 0 spiro atoms. The second kappa shape index (κ2) is 7.92. The van der Waals surface area contributed by atoms with E-state index in [2.05, 4.69) is 15.4 Å². The molecule has 1 aliphatic rings. The van der Waals surface area contributed by atoms with E-state index in [-0.39, 0.29) is 30.8 Å². The van der Waals surface area contributed by atoms with Crippen LogP contribution in [0.2, 0.25) is 0 Å². The molecule has 0 saturated carbocycles. The van der Waals surface area contributed by atoms with Crippen molar-refractivity contribution < 1.29 is 13.2 Å². The highest BCUT2D eigenvalue weighted by molar-refractivity contribution is 7.88. The first-order valence-corrected chi connectivity index (χ1v) is 8.79. The van der Waals surface area contributed by atoms with Crippen molar-refractivity contribution in [2.24, 2.45) is 11.8 Å². The Bertz CT molecular complexity index is 600. The van der Waals surface area contributed by atoms with Crippen LogP contribution in [0, 0.1) is 11.8 Å². The molecule has 1 saturated heterocycles. The number of rotatable bonds is 6. The van der Waals surface area contributed by atoms with Gasteiger partial charge in [0.2, 0.25) is 15.9 Å². The third-order valence-corrected chi connectivity index (χ3v) is 4.36. The Balaban J connectivity index is 0.00000242. The Morgan fingerprint density at radius 3 is 2.36 bits per heavy atom. The Hall–Kier alpha value is -1.15. The Labute approximate surface area is 137 Å². The van der Waals surface area contributed by atoms with Crippen LogP contribution >= 0.6 is 12.4 Å². The van der Waals surface area contributed by atoms with Gasteiger partial charge in [0.25, 0.3) is 0 Å². The number of anilines is 1. The molecule has 1 fully saturated rings. The first-order chi connectivity index (χ1) is 9.85. The van der Waals surface area contributed by atoms with Crippen molar-refractivity contribution in [3.8, 4) is 0 Å². The molecule has 0 aliphatic carbocycles. The second-order valence-electron chi connectivity index (χ2n) is 5.49. The molecule has 22 heavy (non-hydrogen) atoms. The van der Waals surface area contributed by atoms with Gasteiger partial charge in [-0.15, -0.1) is 12.4 Å². The average Bonchev–Trinajstić information content (AvgIpc) is 2.35. The number of sulfonamides is 1. The summed E-state index contributed by atoms with van der Waals surface area (Å²) in [6.45, 7) is 3.97. The van der Waals surface area contributed by atoms with Gasteiger partial charge < -0.3 is 10.6 Å². The smallest absolute Gasteiger partial charge is 0.227 e. The summed E-state index contributed by atoms with van der Waals surface area (Å²) in [4.78, 5) is 12.1. The Morgan fingerprint density at radius 1 is 1.32 bits per heavy atom. The zero-order valence-corrected chi connectivity index (χ0v) is 14.3. The van der Waals surface area contributed by atoms with E-state index in [0.717, 1.165) is 30.6 Å². The number of amides is 1. The van der Waals surface area contributed by atoms with Crippen LogP contribution in [0.4, 0.5) is 5.69 Å². The monoisotopic (exact) mass is 347 g/mol. The van der Waals surface area contributed by atoms with Crippen LogP contribution in [0.25, 0.3) is 0 Å². The number of carbonyl (C=O) groups excluding carboxylic acids is 1. The fourth-order valence-electron chi connectivity index (χ4n) is 2.06. The third-order valence-electron chi connectivity index (χ3n) is 3.69. The van der Waals surface area contributed by atoms with E-state index in [4.69, 9.17) is 0 Å². The molecular formula is C14H22ClN3O3S. The molecule has 1 unspecified atom stereocenters. The topological polar surface area (TPSA) is 87.3 Å². The minimum absolute atomic E-state index is 0. The van der Waals surface area contributed by atoms with Crippen molar-refractivity contribution in [2.75, 3.05) is 24.7 Å². The van der Waals surface area contributed by atoms with E-state index < -0.39 is 10.0 Å². The van der Waals surface area contributed by atoms with Gasteiger partial charge in [0, 0.05) is 18.2 Å². The summed E-state index contributed by atoms with van der Waals surface area (Å²) in [5.41, 5.74) is 1.57. The summed E-state index contributed by atoms with van der Waals surface area (Å²) in [5, 5.41) is 6.04. The van der Waals surface area contributed by atoms with Crippen molar-refractivity contribution in [3.05, 3.63) is 29.8 Å². The van der Waals surface area contributed by atoms with Crippen LogP contribution < -0.4 is 15.4 Å². The highest BCUT2D eigenvalue weighted by atomic mass is 35.5. The number of carbonyl (C=O) groups is 1. The first-order valence-electron chi connectivity index (χ1n) is 6.90. The van der Waals surface area contributed by atoms with E-state index >= 15 is 0 Å². The third kappa shape index (κ3) is 5.57. The Morgan fingerprint density at radius 2 is 1.91 bits per heavy atom. The molecule has 1 amide bonds. The molecule has 6 nitrogen and oxygen atoms in total. The van der Waals surface area contributed by atoms with E-state index in [0.29, 0.717) is 5.92 Å². The molecule has 3 N–H and O–H groups in total. The fourth-order valence-corrected chi connectivity index (χ4v) is 2.48. The van der Waals surface area contributed by atoms with Crippen molar-refractivity contribution >= 4 is 34.0 Å². The number of hydrogen-bond donors (Lipinski definition) is 3. The molecule has 1 aromatic carbocycles. The fraction of sp³-hybridized carbons (Fsp3) is 0.500. The maximum Gasteiger partial charge on any atom is 0.227 e. The van der Waals surface area contributed by atoms with Crippen LogP contribution in [-0.2, 0) is 21.4 Å². The van der Waals surface area contributed by atoms with Gasteiger partial charge in [-0.1, -0.05) is 19.1 Å². The van der Waals surface area contributed by atoms with E-state index in [1.807, 2.05) is 6.92 Å². The lowest BCUT2D eigenvalue weighted by Gasteiger charge is -2.31. The standard InChI is InChI=1S/C14H21N3O3S.ClH/c1-10(12-8-15-9-12)14(18)17-13-5-3-11(4-6-13)7-16-21(2,19)20;/h3-6,10,12,15-16H,7-9H2,1-2H3,(H,17,18);1H. The summed E-state index contributed by atoms with van der Waals surface area (Å²) in [6, 6.07) is 7.15. The van der Waals surface area contributed by atoms with E-state index in [9.17, 15) is 13.2 Å². The summed E-state index contributed by atoms with van der Waals surface area (Å²) >= 11 is 0. The lowest BCUT2D eigenvalue weighted by molar-refractivity contribution is -0.121. The van der Waals surface area contributed by atoms with Gasteiger partial charge in [-0.3, -0.25) is 4.79 Å². The lowest BCUT2D eigenvalue weighted by Crippen LogP contribution is -2.48. The van der Waals surface area contributed by atoms with Crippen LogP contribution in [0.1, 0.15) is 12.5 Å². The zero-order chi connectivity index (χ0) is 15.5. The molecule has 1 aromatic rings. The SMILES string of the molecule is CC(C(=O)Nc1ccc(CNS(C)(=O)=O)cc1)C1CNC1.Cl. The van der Waals surface area contributed by atoms with Crippen LogP contribution in [-0.4, -0.2) is 33.7 Å². The highest BCUT2D eigenvalue weighted by Gasteiger charge is 2.28. The molecule has 1 atom stereocenters. The number of nitrogens with one attached hydrogen (secondary N) is 3. The number of halogens is 1. The van der Waals surface area contributed by atoms with Gasteiger partial charge in [0.15, 0.2) is 0 Å². The summed E-state index contributed by atoms with van der Waals surface area (Å²) < 4.78 is 24.5. The maximum absolute atomic E-state index is 12.1. The largest absolute Gasteiger partial charge is 0.326 e. The maximum atomic E-state index is 12.1. The lowest BCUT2D eigenvalue weighted by atomic mass is 9.88. The van der Waals surface area contributed by atoms with Crippen molar-refractivity contribution in [3.63, 3.8) is 0 Å². The molecule has 1 heterocycles. The average molecular weight is 348 g/mol. The van der Waals surface area contributed by atoms with Gasteiger partial charge in [0.1, 0.15) is 0 Å². The minimum Gasteiger partial charge on any atom is -0.326 e. The van der Waals surface area contributed by atoms with Gasteiger partial charge in [-0.25, -0.2) is 13.1 Å². The second-order valence-corrected chi connectivity index (χ2v) is 7.32. The zero-order valence-electron chi connectivity index (χ0n) is 12.6. The quantitative estimate of drug-likeness (QED) is 0.715. The van der Waals surface area contributed by atoms with Gasteiger partial charge in [-0.2, -0.15) is 0 Å². The van der Waals surface area contributed by atoms with Crippen molar-refractivity contribution in [1.82, 2.24) is 10.0 Å². The number of benzene rings is 1. The normalized spacial score (nSPS) is 16.3. The molecule has 8 heteroatoms. The van der Waals surface area contributed by atoms with Crippen molar-refractivity contribution in [2.45, 2.75) is 13.5 Å². The molecule has 124 valence electrons. The molecular weight excluding hydrogens is 326 g/mol. The molecule has 0 bridgehead atoms. The summed E-state index contributed by atoms with van der Waals surface area (Å²) in [7, 11) is -3.19. The highest BCUT2D eigenvalue weighted by Crippen LogP contribution is 2.18. The van der Waals surface area contributed by atoms with Crippen LogP contribution in [0.5, 0.6) is 0 Å². The van der Waals surface area contributed by atoms with Crippen LogP contribution in [0.3, 0.4) is 0 Å². The van der Waals surface area contributed by atoms with E-state index in [1.54, 1.807) is 24.3 Å². The predicted octanol–water partition coefficient (Wildman–Crippen LogP) is 0.952. The molecule has 2 rings (SSSR count). The van der Waals surface area contributed by atoms with Gasteiger partial charge in [0.05, 0.1) is 6.26 Å². The summed E-state index contributed by atoms with van der Waals surface area (Å²) in [6.07, 6.45) is 1.12. The predicted molar refractivity (Wildman–Crippen MR) is 89.5 cm³/mol. The Kier molecular flexibility index (Phi) is 6.80. The van der Waals surface area contributed by atoms with Gasteiger partial charge in [-0.05, 0) is 36.7 Å². The number of hydrogen-bond acceptors (Lipinski definition) is 4. The molecule has 1 aliphatic heterocycles. The molecule has 0 aromatic heterocycles. The van der Waals surface area contributed by atoms with Crippen molar-refractivity contribution in [1.29, 1.82) is 0 Å². The summed E-state index contributed by atoms with van der Waals surface area (Å²) in [5.74, 6) is 0.407. The van der Waals surface area contributed by atoms with Gasteiger partial charge >= 0.3 is 0 Å².